The van der Waals surface area contributed by atoms with Gasteiger partial charge >= 0.3 is 5.97 Å². The van der Waals surface area contributed by atoms with Crippen LogP contribution in [0.25, 0.3) is 0 Å². The van der Waals surface area contributed by atoms with Crippen LogP contribution in [0.1, 0.15) is 25.8 Å². The van der Waals surface area contributed by atoms with E-state index in [1.54, 1.807) is 19.9 Å². The monoisotopic (exact) mass is 332 g/mol. The van der Waals surface area contributed by atoms with Crippen LogP contribution < -0.4 is 9.47 Å². The summed E-state index contributed by atoms with van der Waals surface area (Å²) in [6.07, 6.45) is -0.116. The lowest BCUT2D eigenvalue weighted by atomic mass is 9.81. The Hall–Kier alpha value is -1.43. The van der Waals surface area contributed by atoms with Gasteiger partial charge in [0.05, 0.1) is 20.6 Å². The summed E-state index contributed by atoms with van der Waals surface area (Å²) < 4.78 is 10.8. The molecule has 6 heteroatoms. The molecule has 0 aliphatic rings. The number of hydrogen-bond donors (Lipinski definition) is 2. The lowest BCUT2D eigenvalue weighted by molar-refractivity contribution is -0.138. The standard InChI is InChI=1S/C13H17BrO5/c1-13(2,6-9(15)16)10-7(14)5-8(18-3)12(19-4)11(10)17/h5,17H,6H2,1-4H3,(H,15,16). The second-order valence-corrected chi connectivity index (χ2v) is 5.63. The van der Waals surface area contributed by atoms with Gasteiger partial charge in [-0.25, -0.2) is 0 Å². The summed E-state index contributed by atoms with van der Waals surface area (Å²) in [5.74, 6) is -0.480. The zero-order valence-corrected chi connectivity index (χ0v) is 12.9. The molecular weight excluding hydrogens is 316 g/mol. The summed E-state index contributed by atoms with van der Waals surface area (Å²) in [6.45, 7) is 3.49. The molecule has 0 unspecified atom stereocenters. The van der Waals surface area contributed by atoms with E-state index < -0.39 is 11.4 Å². The van der Waals surface area contributed by atoms with Crippen molar-refractivity contribution in [2.45, 2.75) is 25.7 Å². The maximum Gasteiger partial charge on any atom is 0.304 e. The quantitative estimate of drug-likeness (QED) is 0.866. The molecule has 2 N–H and O–H groups in total. The van der Waals surface area contributed by atoms with Crippen molar-refractivity contribution in [1.29, 1.82) is 0 Å². The summed E-state index contributed by atoms with van der Waals surface area (Å²) in [6, 6.07) is 1.65. The lowest BCUT2D eigenvalue weighted by Gasteiger charge is -2.27. The number of aromatic hydroxyl groups is 1. The van der Waals surface area contributed by atoms with Crippen molar-refractivity contribution >= 4 is 21.9 Å². The number of methoxy groups -OCH3 is 2. The van der Waals surface area contributed by atoms with Crippen LogP contribution in [0, 0.1) is 0 Å². The minimum Gasteiger partial charge on any atom is -0.504 e. The SMILES string of the molecule is COc1cc(Br)c(C(C)(C)CC(=O)O)c(O)c1OC. The summed E-state index contributed by atoms with van der Waals surface area (Å²) in [5, 5.41) is 19.3. The summed E-state index contributed by atoms with van der Waals surface area (Å²) in [7, 11) is 2.88. The van der Waals surface area contributed by atoms with Crippen molar-refractivity contribution in [2.24, 2.45) is 0 Å². The minimum atomic E-state index is -0.939. The van der Waals surface area contributed by atoms with E-state index in [1.807, 2.05) is 0 Å². The molecule has 19 heavy (non-hydrogen) atoms. The van der Waals surface area contributed by atoms with Crippen molar-refractivity contribution in [3.63, 3.8) is 0 Å². The molecule has 0 saturated heterocycles. The number of phenols is 1. The molecule has 1 rings (SSSR count). The number of halogens is 1. The Morgan fingerprint density at radius 3 is 2.37 bits per heavy atom. The van der Waals surface area contributed by atoms with Gasteiger partial charge in [0, 0.05) is 15.5 Å². The Kier molecular flexibility index (Phi) is 4.68. The third-order valence-corrected chi connectivity index (χ3v) is 3.49. The highest BCUT2D eigenvalue weighted by Gasteiger charge is 2.32. The Morgan fingerprint density at radius 2 is 1.95 bits per heavy atom. The third-order valence-electron chi connectivity index (χ3n) is 2.87. The second kappa shape index (κ2) is 5.69. The van der Waals surface area contributed by atoms with Crippen LogP contribution in [0.15, 0.2) is 10.5 Å². The fourth-order valence-corrected chi connectivity index (χ4v) is 2.99. The van der Waals surface area contributed by atoms with Gasteiger partial charge in [-0.3, -0.25) is 4.79 Å². The van der Waals surface area contributed by atoms with Gasteiger partial charge in [0.15, 0.2) is 11.5 Å². The van der Waals surface area contributed by atoms with Gasteiger partial charge in [-0.1, -0.05) is 29.8 Å². The van der Waals surface area contributed by atoms with Crippen molar-refractivity contribution in [3.8, 4) is 17.2 Å². The normalized spacial score (nSPS) is 11.2. The van der Waals surface area contributed by atoms with Gasteiger partial charge in [0.1, 0.15) is 0 Å². The lowest BCUT2D eigenvalue weighted by Crippen LogP contribution is -2.22. The molecular formula is C13H17BrO5. The molecule has 0 spiro atoms. The predicted octanol–water partition coefficient (Wildman–Crippen LogP) is 2.92. The number of carboxylic acids is 1. The molecule has 0 atom stereocenters. The summed E-state index contributed by atoms with van der Waals surface area (Å²) in [5.41, 5.74) is -0.276. The second-order valence-electron chi connectivity index (χ2n) is 4.77. The van der Waals surface area contributed by atoms with Crippen molar-refractivity contribution in [3.05, 3.63) is 16.1 Å². The number of hydrogen-bond acceptors (Lipinski definition) is 4. The van der Waals surface area contributed by atoms with Crippen LogP contribution >= 0.6 is 15.9 Å². The number of ether oxygens (including phenoxy) is 2. The van der Waals surface area contributed by atoms with E-state index in [1.165, 1.54) is 14.2 Å². The van der Waals surface area contributed by atoms with Gasteiger partial charge < -0.3 is 19.7 Å². The van der Waals surface area contributed by atoms with E-state index in [9.17, 15) is 9.90 Å². The fourth-order valence-electron chi connectivity index (χ4n) is 2.06. The molecule has 0 saturated carbocycles. The van der Waals surface area contributed by atoms with Crippen molar-refractivity contribution in [1.82, 2.24) is 0 Å². The van der Waals surface area contributed by atoms with Gasteiger partial charge in [0.25, 0.3) is 0 Å². The Morgan fingerprint density at radius 1 is 1.37 bits per heavy atom. The summed E-state index contributed by atoms with van der Waals surface area (Å²) in [4.78, 5) is 10.9. The number of rotatable bonds is 5. The molecule has 106 valence electrons. The highest BCUT2D eigenvalue weighted by Crippen LogP contribution is 2.48. The van der Waals surface area contributed by atoms with Crippen LogP contribution in [0.3, 0.4) is 0 Å². The highest BCUT2D eigenvalue weighted by atomic mass is 79.9. The Balaban J connectivity index is 3.48. The van der Waals surface area contributed by atoms with Crippen LogP contribution in [0.5, 0.6) is 17.2 Å². The highest BCUT2D eigenvalue weighted by molar-refractivity contribution is 9.10. The van der Waals surface area contributed by atoms with Crippen LogP contribution in [0.4, 0.5) is 0 Å². The molecule has 0 radical (unpaired) electrons. The number of carboxylic acid groups (broad SMARTS) is 1. The molecule has 0 aliphatic heterocycles. The Labute approximate surface area is 120 Å². The molecule has 0 amide bonds. The fraction of sp³-hybridized carbons (Fsp3) is 0.462. The molecule has 0 bridgehead atoms. The van der Waals surface area contributed by atoms with Gasteiger partial charge in [0.2, 0.25) is 5.75 Å². The van der Waals surface area contributed by atoms with E-state index in [0.717, 1.165) is 0 Å². The van der Waals surface area contributed by atoms with Gasteiger partial charge in [-0.15, -0.1) is 0 Å². The molecule has 0 aliphatic carbocycles. The van der Waals surface area contributed by atoms with E-state index in [4.69, 9.17) is 14.6 Å². The molecule has 0 heterocycles. The first-order chi connectivity index (χ1) is 8.74. The van der Waals surface area contributed by atoms with Crippen LogP contribution in [-0.4, -0.2) is 30.4 Å². The Bertz CT molecular complexity index is 496. The third kappa shape index (κ3) is 3.12. The average molecular weight is 333 g/mol. The van der Waals surface area contributed by atoms with Gasteiger partial charge in [-0.05, 0) is 6.07 Å². The average Bonchev–Trinajstić information content (AvgIpc) is 2.25. The first-order valence-corrected chi connectivity index (χ1v) is 6.39. The number of carbonyl (C=O) groups is 1. The molecule has 0 aromatic heterocycles. The summed E-state index contributed by atoms with van der Waals surface area (Å²) >= 11 is 3.34. The van der Waals surface area contributed by atoms with Gasteiger partial charge in [-0.2, -0.15) is 0 Å². The van der Waals surface area contributed by atoms with Crippen LogP contribution in [0.2, 0.25) is 0 Å². The minimum absolute atomic E-state index is 0.111. The number of phenolic OH excluding ortho intramolecular Hbond substituents is 1. The van der Waals surface area contributed by atoms with Crippen molar-refractivity contribution < 1.29 is 24.5 Å². The first kappa shape index (κ1) is 15.6. The first-order valence-electron chi connectivity index (χ1n) is 5.60. The largest absolute Gasteiger partial charge is 0.504 e. The molecule has 1 aromatic rings. The molecule has 1 aromatic carbocycles. The topological polar surface area (TPSA) is 76.0 Å². The zero-order valence-electron chi connectivity index (χ0n) is 11.3. The molecule has 5 nitrogen and oxygen atoms in total. The number of benzene rings is 1. The maximum atomic E-state index is 10.9. The predicted molar refractivity (Wildman–Crippen MR) is 74.2 cm³/mol. The maximum absolute atomic E-state index is 10.9. The molecule has 0 fully saturated rings. The van der Waals surface area contributed by atoms with E-state index in [0.29, 0.717) is 15.8 Å². The smallest absolute Gasteiger partial charge is 0.304 e. The van der Waals surface area contributed by atoms with E-state index in [-0.39, 0.29) is 17.9 Å². The van der Waals surface area contributed by atoms with E-state index in [2.05, 4.69) is 15.9 Å². The van der Waals surface area contributed by atoms with Crippen LogP contribution in [-0.2, 0) is 10.2 Å². The van der Waals surface area contributed by atoms with Crippen molar-refractivity contribution in [2.75, 3.05) is 14.2 Å². The van der Waals surface area contributed by atoms with E-state index >= 15 is 0 Å². The number of aliphatic carboxylic acids is 1. The zero-order chi connectivity index (χ0) is 14.8.